The van der Waals surface area contributed by atoms with E-state index in [4.69, 9.17) is 26.4 Å². The van der Waals surface area contributed by atoms with Crippen LogP contribution in [-0.4, -0.2) is 30.8 Å². The number of nitrogens with one attached hydrogen (secondary N) is 1. The highest BCUT2D eigenvalue weighted by molar-refractivity contribution is 9.10. The fourth-order valence-electron chi connectivity index (χ4n) is 3.13. The number of rotatable bonds is 3. The van der Waals surface area contributed by atoms with E-state index in [0.29, 0.717) is 28.5 Å². The van der Waals surface area contributed by atoms with Gasteiger partial charge in [-0.25, -0.2) is 0 Å². The van der Waals surface area contributed by atoms with Gasteiger partial charge in [-0.05, 0) is 55.0 Å². The maximum absolute atomic E-state index is 13.2. The first-order valence-corrected chi connectivity index (χ1v) is 9.74. The summed E-state index contributed by atoms with van der Waals surface area (Å²) >= 11 is 8.66. The van der Waals surface area contributed by atoms with Crippen molar-refractivity contribution in [3.05, 3.63) is 51.5 Å². The van der Waals surface area contributed by atoms with Gasteiger partial charge < -0.3 is 14.2 Å². The predicted octanol–water partition coefficient (Wildman–Crippen LogP) is 3.33. The van der Waals surface area contributed by atoms with Gasteiger partial charge in [0.25, 0.3) is 11.8 Å². The number of anilines is 1. The van der Waals surface area contributed by atoms with Crippen LogP contribution in [0.3, 0.4) is 0 Å². The lowest BCUT2D eigenvalue weighted by atomic mass is 10.0. The molecule has 2 aliphatic heterocycles. The van der Waals surface area contributed by atoms with Gasteiger partial charge in [0.05, 0.1) is 12.8 Å². The number of fused-ring (bicyclic) bond motifs is 1. The van der Waals surface area contributed by atoms with E-state index in [1.165, 1.54) is 18.1 Å². The summed E-state index contributed by atoms with van der Waals surface area (Å²) in [6.45, 7) is 1.96. The lowest BCUT2D eigenvalue weighted by molar-refractivity contribution is -0.122. The number of aryl methyl sites for hydroxylation is 1. The highest BCUT2D eigenvalue weighted by Gasteiger charge is 2.35. The van der Waals surface area contributed by atoms with Crippen molar-refractivity contribution in [2.75, 3.05) is 18.8 Å². The summed E-state index contributed by atoms with van der Waals surface area (Å²) < 4.78 is 17.0. The normalized spacial score (nSPS) is 17.0. The molecule has 2 aliphatic rings. The topological polar surface area (TPSA) is 77.1 Å². The Kier molecular flexibility index (Phi) is 5.01. The van der Waals surface area contributed by atoms with E-state index in [0.717, 1.165) is 10.0 Å². The third kappa shape index (κ3) is 3.47. The second-order valence-electron chi connectivity index (χ2n) is 6.34. The van der Waals surface area contributed by atoms with Crippen molar-refractivity contribution in [3.8, 4) is 17.2 Å². The Labute approximate surface area is 180 Å². The molecular weight excluding hydrogens is 460 g/mol. The van der Waals surface area contributed by atoms with Crippen molar-refractivity contribution >= 4 is 56.8 Å². The van der Waals surface area contributed by atoms with E-state index >= 15 is 0 Å². The summed E-state index contributed by atoms with van der Waals surface area (Å²) in [6.07, 6.45) is 1.46. The Morgan fingerprint density at radius 1 is 1.21 bits per heavy atom. The number of methoxy groups -OCH3 is 1. The number of thiocarbonyl (C=S) groups is 1. The summed E-state index contributed by atoms with van der Waals surface area (Å²) in [5, 5.41) is 2.61. The van der Waals surface area contributed by atoms with Gasteiger partial charge in [0, 0.05) is 16.1 Å². The molecule has 0 saturated carbocycles. The number of benzene rings is 2. The molecule has 29 heavy (non-hydrogen) atoms. The van der Waals surface area contributed by atoms with Crippen molar-refractivity contribution < 1.29 is 23.8 Å². The average Bonchev–Trinajstić information content (AvgIpc) is 3.13. The highest BCUT2D eigenvalue weighted by Crippen LogP contribution is 2.39. The molecule has 9 heteroatoms. The van der Waals surface area contributed by atoms with Gasteiger partial charge in [-0.3, -0.25) is 19.8 Å². The molecule has 0 radical (unpaired) electrons. The maximum atomic E-state index is 13.2. The first-order valence-electron chi connectivity index (χ1n) is 8.54. The molecule has 2 heterocycles. The lowest BCUT2D eigenvalue weighted by Crippen LogP contribution is -2.54. The number of hydrogen-bond donors (Lipinski definition) is 1. The number of ether oxygens (including phenoxy) is 3. The molecule has 1 N–H and O–H groups in total. The SMILES string of the molecule is COc1cc2c(cc1/C=C1\C(=O)NC(=S)N(c3ccc(Br)cc3C)C1=O)OCO2. The molecule has 2 amide bonds. The van der Waals surface area contributed by atoms with Crippen molar-refractivity contribution in [1.29, 1.82) is 0 Å². The quantitative estimate of drug-likeness (QED) is 0.417. The summed E-state index contributed by atoms with van der Waals surface area (Å²) in [4.78, 5) is 27.1. The zero-order valence-electron chi connectivity index (χ0n) is 15.4. The molecule has 2 aromatic carbocycles. The second-order valence-corrected chi connectivity index (χ2v) is 7.64. The van der Waals surface area contributed by atoms with Crippen molar-refractivity contribution in [2.24, 2.45) is 0 Å². The standard InChI is InChI=1S/C20H15BrN2O5S/c1-10-5-12(21)3-4-14(10)23-19(25)13(18(24)22-20(23)29)6-11-7-16-17(28-9-27-16)8-15(11)26-2/h3-8H,9H2,1-2H3,(H,22,24,29)/b13-6+. The Balaban J connectivity index is 1.78. The van der Waals surface area contributed by atoms with Crippen molar-refractivity contribution in [1.82, 2.24) is 5.32 Å². The zero-order valence-corrected chi connectivity index (χ0v) is 17.8. The molecule has 0 spiro atoms. The van der Waals surface area contributed by atoms with E-state index in [1.54, 1.807) is 24.3 Å². The van der Waals surface area contributed by atoms with Gasteiger partial charge in [-0.1, -0.05) is 15.9 Å². The molecule has 4 rings (SSSR count). The third-order valence-electron chi connectivity index (χ3n) is 4.53. The van der Waals surface area contributed by atoms with Crippen molar-refractivity contribution in [3.63, 3.8) is 0 Å². The van der Waals surface area contributed by atoms with Crippen LogP contribution in [0.25, 0.3) is 6.08 Å². The molecule has 2 aromatic rings. The molecule has 0 unspecified atom stereocenters. The Hall–Kier alpha value is -2.91. The third-order valence-corrected chi connectivity index (χ3v) is 5.30. The molecule has 148 valence electrons. The molecular formula is C20H15BrN2O5S. The van der Waals surface area contributed by atoms with Gasteiger partial charge >= 0.3 is 0 Å². The maximum Gasteiger partial charge on any atom is 0.270 e. The van der Waals surface area contributed by atoms with E-state index in [1.807, 2.05) is 13.0 Å². The van der Waals surface area contributed by atoms with Crippen LogP contribution in [0.5, 0.6) is 17.2 Å². The van der Waals surface area contributed by atoms with Crippen LogP contribution in [0.2, 0.25) is 0 Å². The number of carbonyl (C=O) groups is 2. The Morgan fingerprint density at radius 2 is 1.93 bits per heavy atom. The van der Waals surface area contributed by atoms with Gasteiger partial charge in [0.2, 0.25) is 6.79 Å². The monoisotopic (exact) mass is 474 g/mol. The molecule has 0 aliphatic carbocycles. The van der Waals surface area contributed by atoms with Crippen LogP contribution in [0.15, 0.2) is 40.4 Å². The van der Waals surface area contributed by atoms with Crippen LogP contribution < -0.4 is 24.4 Å². The lowest BCUT2D eigenvalue weighted by Gasteiger charge is -2.30. The minimum absolute atomic E-state index is 0.0280. The first kappa shape index (κ1) is 19.4. The van der Waals surface area contributed by atoms with Crippen molar-refractivity contribution in [2.45, 2.75) is 6.92 Å². The van der Waals surface area contributed by atoms with E-state index in [2.05, 4.69) is 21.2 Å². The predicted molar refractivity (Wildman–Crippen MR) is 114 cm³/mol. The molecule has 0 aromatic heterocycles. The molecule has 1 fully saturated rings. The van der Waals surface area contributed by atoms with Crippen LogP contribution >= 0.6 is 28.1 Å². The molecule has 0 bridgehead atoms. The summed E-state index contributed by atoms with van der Waals surface area (Å²) in [6, 6.07) is 8.75. The summed E-state index contributed by atoms with van der Waals surface area (Å²) in [5.41, 5.74) is 1.85. The minimum atomic E-state index is -0.578. The fraction of sp³-hybridized carbons (Fsp3) is 0.150. The molecule has 7 nitrogen and oxygen atoms in total. The fourth-order valence-corrected chi connectivity index (χ4v) is 3.88. The number of halogens is 1. The molecule has 0 atom stereocenters. The summed E-state index contributed by atoms with van der Waals surface area (Å²) in [5.74, 6) is 0.394. The highest BCUT2D eigenvalue weighted by atomic mass is 79.9. The smallest absolute Gasteiger partial charge is 0.270 e. The Bertz CT molecular complexity index is 1100. The molecule has 1 saturated heterocycles. The number of amides is 2. The number of carbonyl (C=O) groups excluding carboxylic acids is 2. The van der Waals surface area contributed by atoms with E-state index in [9.17, 15) is 9.59 Å². The second kappa shape index (κ2) is 7.49. The van der Waals surface area contributed by atoms with Crippen LogP contribution in [0.1, 0.15) is 11.1 Å². The van der Waals surface area contributed by atoms with Gasteiger partial charge in [0.1, 0.15) is 11.3 Å². The van der Waals surface area contributed by atoms with E-state index in [-0.39, 0.29) is 17.5 Å². The van der Waals surface area contributed by atoms with Gasteiger partial charge in [-0.2, -0.15) is 0 Å². The largest absolute Gasteiger partial charge is 0.496 e. The number of hydrogen-bond acceptors (Lipinski definition) is 6. The first-order chi connectivity index (χ1) is 13.9. The zero-order chi connectivity index (χ0) is 20.7. The van der Waals surface area contributed by atoms with Gasteiger partial charge in [-0.15, -0.1) is 0 Å². The van der Waals surface area contributed by atoms with E-state index < -0.39 is 11.8 Å². The summed E-state index contributed by atoms with van der Waals surface area (Å²) in [7, 11) is 1.49. The Morgan fingerprint density at radius 3 is 2.62 bits per heavy atom. The minimum Gasteiger partial charge on any atom is -0.496 e. The van der Waals surface area contributed by atoms with Crippen LogP contribution in [0.4, 0.5) is 5.69 Å². The number of nitrogens with zero attached hydrogens (tertiary/aromatic N) is 1. The van der Waals surface area contributed by atoms with Crippen LogP contribution in [0, 0.1) is 6.92 Å². The van der Waals surface area contributed by atoms with Gasteiger partial charge in [0.15, 0.2) is 16.6 Å². The van der Waals surface area contributed by atoms with Crippen LogP contribution in [-0.2, 0) is 9.59 Å². The average molecular weight is 475 g/mol.